The van der Waals surface area contributed by atoms with E-state index >= 15 is 8.78 Å². The van der Waals surface area contributed by atoms with E-state index in [1.54, 1.807) is 0 Å². The fourth-order valence-corrected chi connectivity index (χ4v) is 5.60. The van der Waals surface area contributed by atoms with Gasteiger partial charge in [-0.1, -0.05) is 13.3 Å². The first-order chi connectivity index (χ1) is 14.7. The van der Waals surface area contributed by atoms with E-state index in [-0.39, 0.29) is 13.8 Å². The second-order valence-corrected chi connectivity index (χ2v) is 9.65. The summed E-state index contributed by atoms with van der Waals surface area (Å²) in [4.78, 5) is 0. The van der Waals surface area contributed by atoms with Crippen LogP contribution in [0.15, 0.2) is 0 Å². The summed E-state index contributed by atoms with van der Waals surface area (Å²) in [6.45, 7) is 0.681. The van der Waals surface area contributed by atoms with Crippen molar-refractivity contribution in [2.75, 3.05) is 0 Å². The maximum absolute atomic E-state index is 15.1. The zero-order valence-electron chi connectivity index (χ0n) is 17.9. The summed E-state index contributed by atoms with van der Waals surface area (Å²) in [5.41, 5.74) is -9.15. The Bertz CT molecular complexity index is 766. The Morgan fingerprint density at radius 2 is 1.21 bits per heavy atom. The molecule has 2 fully saturated rings. The molecule has 2 rings (SSSR count). The average Bonchev–Trinajstić information content (AvgIpc) is 2.90. The maximum Gasteiger partial charge on any atom is 0.423 e. The molecule has 15 heteroatoms. The molecule has 0 heterocycles. The SMILES string of the molecule is CCC1CC(C)(C(F)(F)F)C(F)(F)C1C(F)(F)CC1CC(O)(C(F)(F)F)C(F)(F)C1C(C)(F)F. The number of hydrogen-bond donors (Lipinski definition) is 1. The standard InChI is InChI=1S/C19H22F14O/c1-4-8-5-12(2,18(28,29)30)16(24,25)11(8)14(22,23)6-9-7-15(34,19(31,32)33)17(26,27)10(9)13(3,20)21/h8-11,34H,4-7H2,1-3H3. The van der Waals surface area contributed by atoms with Crippen LogP contribution in [0.2, 0.25) is 0 Å². The number of alkyl halides is 14. The first-order valence-corrected chi connectivity index (χ1v) is 10.1. The average molecular weight is 532 g/mol. The summed E-state index contributed by atoms with van der Waals surface area (Å²) in [5, 5.41) is 9.56. The maximum atomic E-state index is 15.1. The molecule has 0 aromatic heterocycles. The second kappa shape index (κ2) is 7.74. The van der Waals surface area contributed by atoms with Crippen molar-refractivity contribution in [2.45, 2.75) is 88.1 Å². The molecule has 202 valence electrons. The van der Waals surface area contributed by atoms with Crippen molar-refractivity contribution in [1.82, 2.24) is 0 Å². The molecule has 0 saturated heterocycles. The lowest BCUT2D eigenvalue weighted by molar-refractivity contribution is -0.335. The van der Waals surface area contributed by atoms with E-state index in [2.05, 4.69) is 0 Å². The molecule has 2 aliphatic rings. The van der Waals surface area contributed by atoms with Crippen LogP contribution < -0.4 is 0 Å². The Morgan fingerprint density at radius 3 is 1.56 bits per heavy atom. The Hall–Kier alpha value is -1.02. The molecule has 2 aliphatic carbocycles. The summed E-state index contributed by atoms with van der Waals surface area (Å²) in [7, 11) is 0. The van der Waals surface area contributed by atoms with Gasteiger partial charge in [0, 0.05) is 6.42 Å². The summed E-state index contributed by atoms with van der Waals surface area (Å²) in [5.74, 6) is -33.2. The first-order valence-electron chi connectivity index (χ1n) is 10.1. The molecule has 0 amide bonds. The lowest BCUT2D eigenvalue weighted by atomic mass is 9.76. The topological polar surface area (TPSA) is 20.2 Å². The lowest BCUT2D eigenvalue weighted by Crippen LogP contribution is -2.59. The minimum absolute atomic E-state index is 0.0130. The van der Waals surface area contributed by atoms with Gasteiger partial charge in [-0.25, -0.2) is 35.1 Å². The van der Waals surface area contributed by atoms with Gasteiger partial charge in [0.15, 0.2) is 0 Å². The van der Waals surface area contributed by atoms with Crippen LogP contribution in [0.25, 0.3) is 0 Å². The third kappa shape index (κ3) is 3.95. The Balaban J connectivity index is 2.57. The fraction of sp³-hybridized carbons (Fsp3) is 1.00. The van der Waals surface area contributed by atoms with Gasteiger partial charge < -0.3 is 5.11 Å². The van der Waals surface area contributed by atoms with Crippen molar-refractivity contribution >= 4 is 0 Å². The summed E-state index contributed by atoms with van der Waals surface area (Å²) >= 11 is 0. The highest BCUT2D eigenvalue weighted by Crippen LogP contribution is 2.69. The number of aliphatic hydroxyl groups is 1. The van der Waals surface area contributed by atoms with Gasteiger partial charge in [0.2, 0.25) is 5.60 Å². The number of rotatable bonds is 5. The van der Waals surface area contributed by atoms with Crippen molar-refractivity contribution in [3.05, 3.63) is 0 Å². The quantitative estimate of drug-likeness (QED) is 0.364. The van der Waals surface area contributed by atoms with Crippen molar-refractivity contribution in [2.24, 2.45) is 29.1 Å². The molecule has 1 N–H and O–H groups in total. The van der Waals surface area contributed by atoms with Gasteiger partial charge in [-0.05, 0) is 38.5 Å². The molecule has 6 atom stereocenters. The van der Waals surface area contributed by atoms with E-state index in [1.165, 1.54) is 0 Å². The predicted molar refractivity (Wildman–Crippen MR) is 88.7 cm³/mol. The van der Waals surface area contributed by atoms with Crippen LogP contribution in [0.4, 0.5) is 61.5 Å². The second-order valence-electron chi connectivity index (χ2n) is 9.65. The van der Waals surface area contributed by atoms with Gasteiger partial charge in [0.05, 0.1) is 11.8 Å². The Kier molecular flexibility index (Phi) is 6.65. The summed E-state index contributed by atoms with van der Waals surface area (Å²) in [6.07, 6.45) is -18.9. The molecule has 2 saturated carbocycles. The third-order valence-electron chi connectivity index (χ3n) is 7.39. The van der Waals surface area contributed by atoms with Gasteiger partial charge in [0.1, 0.15) is 5.41 Å². The zero-order chi connectivity index (χ0) is 27.1. The minimum atomic E-state index is -6.26. The van der Waals surface area contributed by atoms with Crippen molar-refractivity contribution in [3.8, 4) is 0 Å². The highest BCUT2D eigenvalue weighted by molar-refractivity contribution is 5.16. The van der Waals surface area contributed by atoms with E-state index in [4.69, 9.17) is 0 Å². The number of hydrogen-bond acceptors (Lipinski definition) is 1. The van der Waals surface area contributed by atoms with Crippen molar-refractivity contribution in [1.29, 1.82) is 0 Å². The van der Waals surface area contributed by atoms with Crippen LogP contribution >= 0.6 is 0 Å². The molecule has 34 heavy (non-hydrogen) atoms. The van der Waals surface area contributed by atoms with Crippen LogP contribution in [0.5, 0.6) is 0 Å². The van der Waals surface area contributed by atoms with Crippen LogP contribution in [-0.2, 0) is 0 Å². The van der Waals surface area contributed by atoms with Crippen LogP contribution in [-0.4, -0.2) is 46.8 Å². The Morgan fingerprint density at radius 1 is 0.735 bits per heavy atom. The largest absolute Gasteiger partial charge is 0.423 e. The molecule has 0 bridgehead atoms. The molecule has 0 spiro atoms. The summed E-state index contributed by atoms with van der Waals surface area (Å²) in [6, 6.07) is 0. The van der Waals surface area contributed by atoms with E-state index in [0.717, 1.165) is 6.92 Å². The highest BCUT2D eigenvalue weighted by Gasteiger charge is 2.82. The van der Waals surface area contributed by atoms with Crippen LogP contribution in [0.3, 0.4) is 0 Å². The lowest BCUT2D eigenvalue weighted by Gasteiger charge is -2.39. The smallest absolute Gasteiger partial charge is 0.376 e. The summed E-state index contributed by atoms with van der Waals surface area (Å²) < 4.78 is 196. The molecule has 1 nitrogen and oxygen atoms in total. The molecule has 6 unspecified atom stereocenters. The molecule has 0 aromatic rings. The van der Waals surface area contributed by atoms with Gasteiger partial charge in [0.25, 0.3) is 23.7 Å². The zero-order valence-corrected chi connectivity index (χ0v) is 17.9. The molecule has 0 radical (unpaired) electrons. The molecule has 0 aliphatic heterocycles. The first kappa shape index (κ1) is 29.2. The van der Waals surface area contributed by atoms with E-state index in [1.807, 2.05) is 0 Å². The number of halogens is 14. The van der Waals surface area contributed by atoms with Crippen LogP contribution in [0.1, 0.15) is 46.5 Å². The van der Waals surface area contributed by atoms with E-state index in [0.29, 0.717) is 0 Å². The van der Waals surface area contributed by atoms with E-state index in [9.17, 15) is 57.8 Å². The van der Waals surface area contributed by atoms with Gasteiger partial charge >= 0.3 is 12.4 Å². The van der Waals surface area contributed by atoms with E-state index < -0.39 is 96.4 Å². The van der Waals surface area contributed by atoms with Crippen molar-refractivity contribution in [3.63, 3.8) is 0 Å². The van der Waals surface area contributed by atoms with Gasteiger partial charge in [-0.3, -0.25) is 0 Å². The molecular formula is C19H22F14O. The monoisotopic (exact) mass is 532 g/mol. The molecule has 0 aromatic carbocycles. The van der Waals surface area contributed by atoms with Crippen LogP contribution in [0, 0.1) is 29.1 Å². The van der Waals surface area contributed by atoms with Gasteiger partial charge in [-0.2, -0.15) is 26.3 Å². The van der Waals surface area contributed by atoms with Gasteiger partial charge in [-0.15, -0.1) is 0 Å². The Labute approximate surface area is 184 Å². The van der Waals surface area contributed by atoms with Crippen molar-refractivity contribution < 1.29 is 66.6 Å². The fourth-order valence-electron chi connectivity index (χ4n) is 5.60. The predicted octanol–water partition coefficient (Wildman–Crippen LogP) is 7.48. The molecular weight excluding hydrogens is 510 g/mol. The third-order valence-corrected chi connectivity index (χ3v) is 7.39. The highest BCUT2D eigenvalue weighted by atomic mass is 19.4. The minimum Gasteiger partial charge on any atom is -0.376 e. The normalized spacial score (nSPS) is 39.0.